The first kappa shape index (κ1) is 26.4. The van der Waals surface area contributed by atoms with Gasteiger partial charge < -0.3 is 4.42 Å². The third kappa shape index (κ3) is 4.72. The first-order chi connectivity index (χ1) is 22.7. The second-order valence-corrected chi connectivity index (χ2v) is 12.2. The fourth-order valence-electron chi connectivity index (χ4n) is 5.83. The van der Waals surface area contributed by atoms with E-state index in [4.69, 9.17) is 24.4 Å². The predicted molar refractivity (Wildman–Crippen MR) is 187 cm³/mol. The van der Waals surface area contributed by atoms with E-state index in [0.29, 0.717) is 17.5 Å². The normalized spacial score (nSPS) is 11.5. The van der Waals surface area contributed by atoms with Gasteiger partial charge in [-0.15, -0.1) is 11.3 Å². The van der Waals surface area contributed by atoms with E-state index in [-0.39, 0.29) is 0 Å². The molecule has 3 heterocycles. The zero-order valence-corrected chi connectivity index (χ0v) is 25.3. The molecule has 5 nitrogen and oxygen atoms in total. The Hall–Kier alpha value is -5.98. The van der Waals surface area contributed by atoms with E-state index >= 15 is 0 Å². The molecule has 6 aromatic carbocycles. The van der Waals surface area contributed by atoms with Crippen LogP contribution in [0.15, 0.2) is 150 Å². The lowest BCUT2D eigenvalue weighted by Gasteiger charge is -2.08. The Balaban J connectivity index is 1.10. The molecule has 0 spiro atoms. The summed E-state index contributed by atoms with van der Waals surface area (Å²) < 4.78 is 7.53. The quantitative estimate of drug-likeness (QED) is 0.194. The summed E-state index contributed by atoms with van der Waals surface area (Å²) in [5.41, 5.74) is 8.82. The van der Waals surface area contributed by atoms with E-state index in [0.717, 1.165) is 59.4 Å². The highest BCUT2D eigenvalue weighted by atomic mass is 32.1. The summed E-state index contributed by atoms with van der Waals surface area (Å²) in [5.74, 6) is 1.86. The third-order valence-corrected chi connectivity index (χ3v) is 9.25. The van der Waals surface area contributed by atoms with Gasteiger partial charge in [0.15, 0.2) is 17.5 Å². The van der Waals surface area contributed by atoms with Gasteiger partial charge >= 0.3 is 0 Å². The average molecular weight is 609 g/mol. The number of rotatable bonds is 5. The molecule has 0 saturated heterocycles. The zero-order valence-electron chi connectivity index (χ0n) is 24.5. The fraction of sp³-hybridized carbons (Fsp3) is 0. The van der Waals surface area contributed by atoms with Gasteiger partial charge in [0.1, 0.15) is 16.2 Å². The van der Waals surface area contributed by atoms with E-state index in [1.165, 1.54) is 11.1 Å². The summed E-state index contributed by atoms with van der Waals surface area (Å²) in [6, 6.07) is 49.4. The Labute approximate surface area is 268 Å². The Morgan fingerprint density at radius 2 is 0.891 bits per heavy atom. The van der Waals surface area contributed by atoms with Crippen molar-refractivity contribution >= 4 is 43.5 Å². The second kappa shape index (κ2) is 10.9. The topological polar surface area (TPSA) is 64.7 Å². The molecule has 0 aliphatic carbocycles. The van der Waals surface area contributed by atoms with Crippen LogP contribution in [0.25, 0.3) is 88.0 Å². The molecule has 6 heteroatoms. The first-order valence-corrected chi connectivity index (χ1v) is 15.9. The summed E-state index contributed by atoms with van der Waals surface area (Å²) in [6.45, 7) is 0. The minimum atomic E-state index is 0.598. The number of hydrogen-bond donors (Lipinski definition) is 0. The second-order valence-electron chi connectivity index (χ2n) is 11.1. The van der Waals surface area contributed by atoms with Crippen LogP contribution >= 0.6 is 11.3 Å². The number of nitrogens with zero attached hydrogens (tertiary/aromatic N) is 4. The van der Waals surface area contributed by atoms with Gasteiger partial charge in [-0.1, -0.05) is 121 Å². The SMILES string of the molecule is c1ccc(-c2ccc(-c3nc4cc5c(cc4s3)oc3cc(-c4nc(-c6ccccc6)nc(-c6ccccc6)n4)ccc35)cc2)cc1. The van der Waals surface area contributed by atoms with Gasteiger partial charge in [0.25, 0.3) is 0 Å². The van der Waals surface area contributed by atoms with Gasteiger partial charge in [0.2, 0.25) is 0 Å². The largest absolute Gasteiger partial charge is 0.456 e. The van der Waals surface area contributed by atoms with Crippen LogP contribution in [0, 0.1) is 0 Å². The summed E-state index contributed by atoms with van der Waals surface area (Å²) in [7, 11) is 0. The molecule has 0 N–H and O–H groups in total. The average Bonchev–Trinajstić information content (AvgIpc) is 3.71. The Bertz CT molecular complexity index is 2450. The molecule has 46 heavy (non-hydrogen) atoms. The van der Waals surface area contributed by atoms with Gasteiger partial charge in [-0.25, -0.2) is 19.9 Å². The molecule has 0 aliphatic rings. The van der Waals surface area contributed by atoms with Crippen molar-refractivity contribution in [2.24, 2.45) is 0 Å². The molecule has 0 atom stereocenters. The van der Waals surface area contributed by atoms with E-state index in [9.17, 15) is 0 Å². The Morgan fingerprint density at radius 1 is 0.391 bits per heavy atom. The van der Waals surface area contributed by atoms with Crippen LogP contribution < -0.4 is 0 Å². The van der Waals surface area contributed by atoms with Crippen molar-refractivity contribution in [2.75, 3.05) is 0 Å². The summed E-state index contributed by atoms with van der Waals surface area (Å²) in [5, 5.41) is 3.06. The number of benzene rings is 6. The van der Waals surface area contributed by atoms with Crippen LogP contribution in [0.2, 0.25) is 0 Å². The first-order valence-electron chi connectivity index (χ1n) is 15.1. The van der Waals surface area contributed by atoms with Crippen LogP contribution in [-0.4, -0.2) is 19.9 Å². The molecule has 9 rings (SSSR count). The third-order valence-electron chi connectivity index (χ3n) is 8.18. The van der Waals surface area contributed by atoms with Crippen molar-refractivity contribution < 1.29 is 4.42 Å². The molecule has 0 radical (unpaired) electrons. The van der Waals surface area contributed by atoms with Gasteiger partial charge in [-0.3, -0.25) is 0 Å². The van der Waals surface area contributed by atoms with Gasteiger partial charge in [-0.05, 0) is 29.3 Å². The summed E-state index contributed by atoms with van der Waals surface area (Å²) >= 11 is 1.68. The van der Waals surface area contributed by atoms with Crippen molar-refractivity contribution in [1.82, 2.24) is 19.9 Å². The van der Waals surface area contributed by atoms with Crippen LogP contribution in [-0.2, 0) is 0 Å². The van der Waals surface area contributed by atoms with Crippen molar-refractivity contribution in [3.63, 3.8) is 0 Å². The van der Waals surface area contributed by atoms with E-state index < -0.39 is 0 Å². The predicted octanol–water partition coefficient (Wildman–Crippen LogP) is 10.7. The van der Waals surface area contributed by atoms with Crippen LogP contribution in [0.5, 0.6) is 0 Å². The fourth-order valence-corrected chi connectivity index (χ4v) is 6.82. The highest BCUT2D eigenvalue weighted by molar-refractivity contribution is 7.21. The lowest BCUT2D eigenvalue weighted by molar-refractivity contribution is 0.669. The molecule has 216 valence electrons. The molecule has 0 saturated carbocycles. The number of aromatic nitrogens is 4. The summed E-state index contributed by atoms with van der Waals surface area (Å²) in [4.78, 5) is 19.6. The molecule has 9 aromatic rings. The maximum absolute atomic E-state index is 6.44. The van der Waals surface area contributed by atoms with Gasteiger partial charge in [0.05, 0.1) is 10.2 Å². The monoisotopic (exact) mass is 608 g/mol. The maximum atomic E-state index is 6.44. The zero-order chi connectivity index (χ0) is 30.5. The van der Waals surface area contributed by atoms with E-state index in [1.807, 2.05) is 72.8 Å². The van der Waals surface area contributed by atoms with E-state index in [2.05, 4.69) is 72.8 Å². The standard InChI is InChI=1S/C40H24N4OS/c1-4-10-25(11-5-1)26-16-18-29(19-17-26)40-41-33-23-32-31-21-20-30(22-34(31)45-35(32)24-36(33)46-40)39-43-37(27-12-6-2-7-13-27)42-38(44-39)28-14-8-3-9-15-28/h1-24H. The number of thiazole rings is 1. The smallest absolute Gasteiger partial charge is 0.164 e. The van der Waals surface area contributed by atoms with Crippen LogP contribution in [0.4, 0.5) is 0 Å². The highest BCUT2D eigenvalue weighted by Crippen LogP contribution is 2.38. The molecule has 0 unspecified atom stereocenters. The number of hydrogen-bond acceptors (Lipinski definition) is 6. The van der Waals surface area contributed by atoms with E-state index in [1.54, 1.807) is 11.3 Å². The van der Waals surface area contributed by atoms with Crippen LogP contribution in [0.3, 0.4) is 0 Å². The maximum Gasteiger partial charge on any atom is 0.164 e. The molecule has 3 aromatic heterocycles. The van der Waals surface area contributed by atoms with Crippen molar-refractivity contribution in [1.29, 1.82) is 0 Å². The molecule has 0 fully saturated rings. The van der Waals surface area contributed by atoms with Crippen molar-refractivity contribution in [2.45, 2.75) is 0 Å². The minimum absolute atomic E-state index is 0.598. The Morgan fingerprint density at radius 3 is 1.52 bits per heavy atom. The minimum Gasteiger partial charge on any atom is -0.456 e. The van der Waals surface area contributed by atoms with Crippen LogP contribution in [0.1, 0.15) is 0 Å². The molecular weight excluding hydrogens is 585 g/mol. The van der Waals surface area contributed by atoms with Gasteiger partial charge in [0, 0.05) is 39.1 Å². The van der Waals surface area contributed by atoms with Gasteiger partial charge in [-0.2, -0.15) is 0 Å². The Kier molecular flexibility index (Phi) is 6.25. The lowest BCUT2D eigenvalue weighted by Crippen LogP contribution is -2.00. The number of furan rings is 1. The molecule has 0 amide bonds. The number of fused-ring (bicyclic) bond motifs is 4. The lowest BCUT2D eigenvalue weighted by atomic mass is 10.0. The summed E-state index contributed by atoms with van der Waals surface area (Å²) in [6.07, 6.45) is 0. The van der Waals surface area contributed by atoms with Crippen molar-refractivity contribution in [3.8, 4) is 55.9 Å². The highest BCUT2D eigenvalue weighted by Gasteiger charge is 2.16. The molecule has 0 bridgehead atoms. The van der Waals surface area contributed by atoms with Crippen molar-refractivity contribution in [3.05, 3.63) is 146 Å². The molecular formula is C40H24N4OS. The molecule has 0 aliphatic heterocycles.